The average Bonchev–Trinajstić information content (AvgIpc) is 2.55. The number of pyridine rings is 1. The summed E-state index contributed by atoms with van der Waals surface area (Å²) in [7, 11) is 1.41. The van der Waals surface area contributed by atoms with Crippen molar-refractivity contribution in [2.75, 3.05) is 25.5 Å². The molecule has 22 heavy (non-hydrogen) atoms. The molecule has 120 valence electrons. The second kappa shape index (κ2) is 7.56. The Morgan fingerprint density at radius 1 is 1.41 bits per heavy atom. The maximum absolute atomic E-state index is 12.3. The molecule has 2 rings (SSSR count). The minimum atomic E-state index is -0.281. The van der Waals surface area contributed by atoms with Crippen LogP contribution in [0.5, 0.6) is 0 Å². The quantitative estimate of drug-likeness (QED) is 0.857. The van der Waals surface area contributed by atoms with Crippen LogP contribution in [-0.4, -0.2) is 48.0 Å². The zero-order valence-corrected chi connectivity index (χ0v) is 13.5. The number of rotatable bonds is 4. The molecule has 0 aromatic carbocycles. The maximum atomic E-state index is 12.3. The van der Waals surface area contributed by atoms with Crippen LogP contribution in [0.1, 0.15) is 19.8 Å². The van der Waals surface area contributed by atoms with Gasteiger partial charge in [0.25, 0.3) is 0 Å². The first-order chi connectivity index (χ1) is 10.5. The highest BCUT2D eigenvalue weighted by molar-refractivity contribution is 6.30. The first-order valence-electron chi connectivity index (χ1n) is 7.25. The van der Waals surface area contributed by atoms with E-state index in [2.05, 4.69) is 15.2 Å². The van der Waals surface area contributed by atoms with Crippen molar-refractivity contribution in [1.82, 2.24) is 9.88 Å². The van der Waals surface area contributed by atoms with E-state index in [-0.39, 0.29) is 23.8 Å². The van der Waals surface area contributed by atoms with Gasteiger partial charge in [-0.05, 0) is 45.0 Å². The molecule has 1 N–H and O–H groups in total. The van der Waals surface area contributed by atoms with E-state index in [1.165, 1.54) is 13.3 Å². The van der Waals surface area contributed by atoms with Gasteiger partial charge in [0.1, 0.15) is 5.82 Å². The minimum Gasteiger partial charge on any atom is -0.469 e. The molecule has 1 aliphatic heterocycles. The van der Waals surface area contributed by atoms with E-state index in [1.54, 1.807) is 12.1 Å². The van der Waals surface area contributed by atoms with Crippen molar-refractivity contribution in [3.05, 3.63) is 23.4 Å². The van der Waals surface area contributed by atoms with Gasteiger partial charge in [-0.3, -0.25) is 14.5 Å². The number of likely N-dealkylation sites (tertiary alicyclic amines) is 1. The minimum absolute atomic E-state index is 0.0607. The highest BCUT2D eigenvalue weighted by Gasteiger charge is 2.30. The summed E-state index contributed by atoms with van der Waals surface area (Å²) >= 11 is 5.76. The second-order valence-electron chi connectivity index (χ2n) is 5.36. The van der Waals surface area contributed by atoms with Gasteiger partial charge in [-0.2, -0.15) is 0 Å². The van der Waals surface area contributed by atoms with E-state index >= 15 is 0 Å². The van der Waals surface area contributed by atoms with Gasteiger partial charge in [0.05, 0.1) is 24.1 Å². The molecule has 1 amide bonds. The van der Waals surface area contributed by atoms with E-state index in [1.807, 2.05) is 6.92 Å². The fourth-order valence-electron chi connectivity index (χ4n) is 2.54. The lowest BCUT2D eigenvalue weighted by atomic mass is 9.96. The predicted molar refractivity (Wildman–Crippen MR) is 83.7 cm³/mol. The molecule has 1 aliphatic rings. The summed E-state index contributed by atoms with van der Waals surface area (Å²) in [6, 6.07) is 3.06. The number of anilines is 1. The Morgan fingerprint density at radius 3 is 2.64 bits per heavy atom. The summed E-state index contributed by atoms with van der Waals surface area (Å²) in [5, 5.41) is 3.29. The molecule has 1 unspecified atom stereocenters. The lowest BCUT2D eigenvalue weighted by Gasteiger charge is -2.34. The van der Waals surface area contributed by atoms with Crippen LogP contribution < -0.4 is 5.32 Å². The Balaban J connectivity index is 1.86. The first-order valence-corrected chi connectivity index (χ1v) is 7.63. The summed E-state index contributed by atoms with van der Waals surface area (Å²) in [4.78, 5) is 29.9. The van der Waals surface area contributed by atoms with Crippen molar-refractivity contribution >= 4 is 29.3 Å². The second-order valence-corrected chi connectivity index (χ2v) is 5.80. The number of halogens is 1. The number of carbonyl (C=O) groups excluding carboxylic acids is 2. The number of esters is 1. The highest BCUT2D eigenvalue weighted by atomic mass is 35.5. The van der Waals surface area contributed by atoms with Crippen LogP contribution in [0.4, 0.5) is 5.82 Å². The zero-order valence-electron chi connectivity index (χ0n) is 12.7. The van der Waals surface area contributed by atoms with Crippen LogP contribution >= 0.6 is 11.6 Å². The molecule has 1 aromatic rings. The summed E-state index contributed by atoms with van der Waals surface area (Å²) in [6.07, 6.45) is 2.91. The van der Waals surface area contributed by atoms with Gasteiger partial charge in [0.15, 0.2) is 0 Å². The Labute approximate surface area is 134 Å². The molecule has 1 atom stereocenters. The fourth-order valence-corrected chi connectivity index (χ4v) is 2.65. The average molecular weight is 326 g/mol. The Bertz CT molecular complexity index is 527. The summed E-state index contributed by atoms with van der Waals surface area (Å²) in [6.45, 7) is 3.24. The number of hydrogen-bond acceptors (Lipinski definition) is 5. The molecule has 0 bridgehead atoms. The predicted octanol–water partition coefficient (Wildman–Crippen LogP) is 1.95. The van der Waals surface area contributed by atoms with Crippen molar-refractivity contribution in [2.45, 2.75) is 25.8 Å². The topological polar surface area (TPSA) is 71.5 Å². The molecular formula is C15H20ClN3O3. The van der Waals surface area contributed by atoms with E-state index in [9.17, 15) is 9.59 Å². The van der Waals surface area contributed by atoms with Gasteiger partial charge in [-0.15, -0.1) is 0 Å². The number of ether oxygens (including phenoxy) is 1. The lowest BCUT2D eigenvalue weighted by Crippen LogP contribution is -2.47. The number of nitrogens with one attached hydrogen (secondary N) is 1. The molecule has 1 fully saturated rings. The van der Waals surface area contributed by atoms with E-state index in [0.29, 0.717) is 36.8 Å². The Hall–Kier alpha value is -1.66. The zero-order chi connectivity index (χ0) is 16.1. The molecule has 6 nitrogen and oxygen atoms in total. The van der Waals surface area contributed by atoms with Crippen LogP contribution in [0.15, 0.2) is 18.3 Å². The van der Waals surface area contributed by atoms with Crippen LogP contribution in [0.25, 0.3) is 0 Å². The van der Waals surface area contributed by atoms with E-state index in [4.69, 9.17) is 16.3 Å². The van der Waals surface area contributed by atoms with Gasteiger partial charge in [0, 0.05) is 6.20 Å². The summed E-state index contributed by atoms with van der Waals surface area (Å²) < 4.78 is 4.77. The summed E-state index contributed by atoms with van der Waals surface area (Å²) in [5.74, 6) is 0.133. The van der Waals surface area contributed by atoms with Gasteiger partial charge in [0.2, 0.25) is 5.91 Å². The van der Waals surface area contributed by atoms with Crippen LogP contribution in [0, 0.1) is 5.92 Å². The molecule has 0 spiro atoms. The lowest BCUT2D eigenvalue weighted by molar-refractivity contribution is -0.147. The maximum Gasteiger partial charge on any atom is 0.308 e. The molecular weight excluding hydrogens is 306 g/mol. The van der Waals surface area contributed by atoms with Crippen LogP contribution in [0.3, 0.4) is 0 Å². The number of nitrogens with zero attached hydrogens (tertiary/aromatic N) is 2. The van der Waals surface area contributed by atoms with Crippen molar-refractivity contribution < 1.29 is 14.3 Å². The number of piperidine rings is 1. The van der Waals surface area contributed by atoms with Gasteiger partial charge >= 0.3 is 5.97 Å². The Kier molecular flexibility index (Phi) is 5.74. The van der Waals surface area contributed by atoms with Gasteiger partial charge < -0.3 is 10.1 Å². The van der Waals surface area contributed by atoms with Crippen LogP contribution in [0.2, 0.25) is 5.02 Å². The number of hydrogen-bond donors (Lipinski definition) is 1. The van der Waals surface area contributed by atoms with Crippen molar-refractivity contribution in [3.63, 3.8) is 0 Å². The van der Waals surface area contributed by atoms with Crippen molar-refractivity contribution in [1.29, 1.82) is 0 Å². The number of aromatic nitrogens is 1. The molecule has 0 aliphatic carbocycles. The SMILES string of the molecule is COC(=O)C1CCN(C(C)C(=O)Nc2ccc(Cl)cn2)CC1. The monoisotopic (exact) mass is 325 g/mol. The smallest absolute Gasteiger partial charge is 0.308 e. The van der Waals surface area contributed by atoms with Crippen molar-refractivity contribution in [3.8, 4) is 0 Å². The van der Waals surface area contributed by atoms with Gasteiger partial charge in [-0.1, -0.05) is 11.6 Å². The largest absolute Gasteiger partial charge is 0.469 e. The third-order valence-electron chi connectivity index (χ3n) is 3.97. The van der Waals surface area contributed by atoms with Gasteiger partial charge in [-0.25, -0.2) is 4.98 Å². The molecule has 7 heteroatoms. The number of methoxy groups -OCH3 is 1. The Morgan fingerprint density at radius 2 is 2.09 bits per heavy atom. The molecule has 0 radical (unpaired) electrons. The molecule has 0 saturated carbocycles. The third-order valence-corrected chi connectivity index (χ3v) is 4.19. The molecule has 1 aromatic heterocycles. The summed E-state index contributed by atoms with van der Waals surface area (Å²) in [5.41, 5.74) is 0. The third kappa shape index (κ3) is 4.18. The first kappa shape index (κ1) is 16.7. The number of carbonyl (C=O) groups is 2. The van der Waals surface area contributed by atoms with Crippen LogP contribution in [-0.2, 0) is 14.3 Å². The normalized spacial score (nSPS) is 17.8. The highest BCUT2D eigenvalue weighted by Crippen LogP contribution is 2.20. The molecule has 1 saturated heterocycles. The molecule has 2 heterocycles. The van der Waals surface area contributed by atoms with Crippen molar-refractivity contribution in [2.24, 2.45) is 5.92 Å². The van der Waals surface area contributed by atoms with E-state index < -0.39 is 0 Å². The van der Waals surface area contributed by atoms with E-state index in [0.717, 1.165) is 0 Å². The standard InChI is InChI=1S/C15H20ClN3O3/c1-10(14(20)18-13-4-3-12(16)9-17-13)19-7-5-11(6-8-19)15(21)22-2/h3-4,9-11H,5-8H2,1-2H3,(H,17,18,20). The fraction of sp³-hybridized carbons (Fsp3) is 0.533. The number of amides is 1.